The molecule has 0 unspecified atom stereocenters. The van der Waals surface area contributed by atoms with Gasteiger partial charge in [0, 0.05) is 22.6 Å². The first-order valence-electron chi connectivity index (χ1n) is 9.84. The molecule has 0 aliphatic rings. The summed E-state index contributed by atoms with van der Waals surface area (Å²) >= 11 is 6.07. The third kappa shape index (κ3) is 4.49. The smallest absolute Gasteiger partial charge is 0.333 e. The first-order chi connectivity index (χ1) is 14.1. The average Bonchev–Trinajstić information content (AvgIpc) is 3.11. The molecular formula is C23H26ClN3O3. The summed E-state index contributed by atoms with van der Waals surface area (Å²) < 4.78 is 5.24. The normalized spacial score (nSPS) is 11.6. The zero-order valence-corrected chi connectivity index (χ0v) is 18.5. The monoisotopic (exact) mass is 427 g/mol. The van der Waals surface area contributed by atoms with Crippen LogP contribution in [0.25, 0.3) is 16.7 Å². The molecule has 0 bridgehead atoms. The highest BCUT2D eigenvalue weighted by Crippen LogP contribution is 2.38. The number of esters is 1. The quantitative estimate of drug-likeness (QED) is 0.417. The number of phenols is 1. The van der Waals surface area contributed by atoms with Crippen LogP contribution >= 0.6 is 11.6 Å². The van der Waals surface area contributed by atoms with Crippen molar-refractivity contribution in [2.75, 3.05) is 6.61 Å². The summed E-state index contributed by atoms with van der Waals surface area (Å²) in [4.78, 5) is 13.1. The number of carbonyl (C=O) groups is 1. The van der Waals surface area contributed by atoms with Crippen molar-refractivity contribution >= 4 is 28.6 Å². The average molecular weight is 428 g/mol. The highest BCUT2D eigenvalue weighted by Gasteiger charge is 2.26. The molecule has 158 valence electrons. The molecule has 0 atom stereocenters. The van der Waals surface area contributed by atoms with E-state index in [1.807, 2.05) is 12.1 Å². The van der Waals surface area contributed by atoms with E-state index in [2.05, 4.69) is 37.5 Å². The van der Waals surface area contributed by atoms with Crippen LogP contribution in [0.15, 0.2) is 42.5 Å². The number of aromatic hydroxyl groups is 1. The largest absolute Gasteiger partial charge is 0.505 e. The number of nitrogens with zero attached hydrogens (tertiary/aromatic N) is 3. The molecule has 1 aromatic heterocycles. The Morgan fingerprint density at radius 1 is 1.23 bits per heavy atom. The van der Waals surface area contributed by atoms with E-state index in [9.17, 15) is 9.90 Å². The molecule has 0 fully saturated rings. The van der Waals surface area contributed by atoms with Gasteiger partial charge in [0.1, 0.15) is 22.5 Å². The van der Waals surface area contributed by atoms with Gasteiger partial charge in [-0.2, -0.15) is 0 Å². The molecule has 0 spiro atoms. The first kappa shape index (κ1) is 21.8. The molecule has 3 rings (SSSR count). The van der Waals surface area contributed by atoms with E-state index in [0.717, 1.165) is 17.5 Å². The Morgan fingerprint density at radius 3 is 2.60 bits per heavy atom. The summed E-state index contributed by atoms with van der Waals surface area (Å²) in [7, 11) is 0. The third-order valence-electron chi connectivity index (χ3n) is 5.29. The standard InChI is InChI=1S/C23H26ClN3O3/c1-6-23(4,5)17-11-15(9-10-30-22(29)14(2)3)12-20(21(17)28)27-25-18-8-7-16(24)13-19(18)26-27/h7-8,11-13,28H,2,6,9-10H2,1,3-5H3. The van der Waals surface area contributed by atoms with Gasteiger partial charge in [-0.3, -0.25) is 0 Å². The Kier molecular flexibility index (Phi) is 6.17. The van der Waals surface area contributed by atoms with Crippen LogP contribution in [0.2, 0.25) is 5.02 Å². The number of carbonyl (C=O) groups excluding carboxylic acids is 1. The minimum absolute atomic E-state index is 0.135. The molecule has 0 aliphatic carbocycles. The van der Waals surface area contributed by atoms with Crippen molar-refractivity contribution in [1.82, 2.24) is 15.0 Å². The topological polar surface area (TPSA) is 77.2 Å². The van der Waals surface area contributed by atoms with Crippen LogP contribution in [-0.2, 0) is 21.4 Å². The number of rotatable bonds is 7. The maximum atomic E-state index is 11.7. The molecule has 0 saturated heterocycles. The summed E-state index contributed by atoms with van der Waals surface area (Å²) in [6.45, 7) is 11.6. The fourth-order valence-corrected chi connectivity index (χ4v) is 3.23. The highest BCUT2D eigenvalue weighted by molar-refractivity contribution is 6.31. The molecule has 1 N–H and O–H groups in total. The molecule has 0 radical (unpaired) electrons. The van der Waals surface area contributed by atoms with Gasteiger partial charge >= 0.3 is 5.97 Å². The van der Waals surface area contributed by atoms with Crippen molar-refractivity contribution in [1.29, 1.82) is 0 Å². The Bertz CT molecular complexity index is 1120. The minimum atomic E-state index is -0.417. The van der Waals surface area contributed by atoms with E-state index < -0.39 is 5.97 Å². The second-order valence-corrected chi connectivity index (χ2v) is 8.47. The van der Waals surface area contributed by atoms with Gasteiger partial charge in [-0.05, 0) is 48.6 Å². The van der Waals surface area contributed by atoms with Crippen LogP contribution in [-0.4, -0.2) is 32.7 Å². The molecule has 3 aromatic rings. The molecule has 0 saturated carbocycles. The number of phenolic OH excluding ortho intramolecular Hbond substituents is 1. The van der Waals surface area contributed by atoms with E-state index in [0.29, 0.717) is 33.7 Å². The van der Waals surface area contributed by atoms with Crippen molar-refractivity contribution < 1.29 is 14.6 Å². The van der Waals surface area contributed by atoms with E-state index in [1.54, 1.807) is 25.1 Å². The fourth-order valence-electron chi connectivity index (χ4n) is 3.06. The number of ether oxygens (including phenoxy) is 1. The summed E-state index contributed by atoms with van der Waals surface area (Å²) in [5.41, 5.74) is 3.59. The second-order valence-electron chi connectivity index (χ2n) is 8.04. The predicted molar refractivity (Wildman–Crippen MR) is 118 cm³/mol. The number of aromatic nitrogens is 3. The van der Waals surface area contributed by atoms with E-state index in [1.165, 1.54) is 4.80 Å². The van der Waals surface area contributed by atoms with Crippen molar-refractivity contribution in [3.05, 3.63) is 58.6 Å². The summed E-state index contributed by atoms with van der Waals surface area (Å²) in [6, 6.07) is 9.04. The molecule has 0 aliphatic heterocycles. The Hall–Kier alpha value is -2.86. The molecule has 0 amide bonds. The van der Waals surface area contributed by atoms with Gasteiger partial charge in [0.25, 0.3) is 0 Å². The maximum Gasteiger partial charge on any atom is 0.333 e. The van der Waals surface area contributed by atoms with Crippen LogP contribution in [0.5, 0.6) is 5.75 Å². The van der Waals surface area contributed by atoms with Crippen molar-refractivity contribution in [3.63, 3.8) is 0 Å². The zero-order chi connectivity index (χ0) is 22.1. The SMILES string of the molecule is C=C(C)C(=O)OCCc1cc(-n2nc3ccc(Cl)cc3n2)c(O)c(C(C)(C)CC)c1. The van der Waals surface area contributed by atoms with Crippen molar-refractivity contribution in [2.45, 2.75) is 46.0 Å². The van der Waals surface area contributed by atoms with Gasteiger partial charge in [-0.1, -0.05) is 45.0 Å². The van der Waals surface area contributed by atoms with Crippen molar-refractivity contribution in [2.24, 2.45) is 0 Å². The minimum Gasteiger partial charge on any atom is -0.505 e. The highest BCUT2D eigenvalue weighted by atomic mass is 35.5. The van der Waals surface area contributed by atoms with E-state index in [4.69, 9.17) is 16.3 Å². The van der Waals surface area contributed by atoms with E-state index >= 15 is 0 Å². The molecule has 30 heavy (non-hydrogen) atoms. The molecule has 6 nitrogen and oxygen atoms in total. The summed E-state index contributed by atoms with van der Waals surface area (Å²) in [5, 5.41) is 20.6. The lowest BCUT2D eigenvalue weighted by Gasteiger charge is -2.26. The molecular weight excluding hydrogens is 402 g/mol. The Balaban J connectivity index is 2.04. The first-order valence-corrected chi connectivity index (χ1v) is 10.2. The van der Waals surface area contributed by atoms with Crippen LogP contribution < -0.4 is 0 Å². The van der Waals surface area contributed by atoms with Crippen LogP contribution in [0.1, 0.15) is 45.2 Å². The van der Waals surface area contributed by atoms with E-state index in [-0.39, 0.29) is 17.8 Å². The van der Waals surface area contributed by atoms with Gasteiger partial charge in [-0.25, -0.2) is 4.79 Å². The number of benzene rings is 2. The molecule has 2 aromatic carbocycles. The second kappa shape index (κ2) is 8.48. The van der Waals surface area contributed by atoms with Gasteiger partial charge in [0.2, 0.25) is 0 Å². The molecule has 1 heterocycles. The van der Waals surface area contributed by atoms with Gasteiger partial charge in [0.15, 0.2) is 0 Å². The Labute approximate surface area is 181 Å². The van der Waals surface area contributed by atoms with Crippen molar-refractivity contribution in [3.8, 4) is 11.4 Å². The van der Waals surface area contributed by atoms with Gasteiger partial charge < -0.3 is 9.84 Å². The molecule has 7 heteroatoms. The Morgan fingerprint density at radius 2 is 1.93 bits per heavy atom. The third-order valence-corrected chi connectivity index (χ3v) is 5.53. The summed E-state index contributed by atoms with van der Waals surface area (Å²) in [5.74, 6) is -0.282. The number of fused-ring (bicyclic) bond motifs is 1. The number of hydrogen-bond acceptors (Lipinski definition) is 5. The van der Waals surface area contributed by atoms with Gasteiger partial charge in [0.05, 0.1) is 6.61 Å². The number of halogens is 1. The van der Waals surface area contributed by atoms with Crippen LogP contribution in [0.3, 0.4) is 0 Å². The maximum absolute atomic E-state index is 11.7. The van der Waals surface area contributed by atoms with Gasteiger partial charge in [-0.15, -0.1) is 15.0 Å². The van der Waals surface area contributed by atoms with Crippen LogP contribution in [0, 0.1) is 0 Å². The lowest BCUT2D eigenvalue weighted by molar-refractivity contribution is -0.138. The van der Waals surface area contributed by atoms with Crippen LogP contribution in [0.4, 0.5) is 0 Å². The fraction of sp³-hybridized carbons (Fsp3) is 0.348. The lowest BCUT2D eigenvalue weighted by Crippen LogP contribution is -2.18. The zero-order valence-electron chi connectivity index (χ0n) is 17.7. The number of hydrogen-bond donors (Lipinski definition) is 1. The predicted octanol–water partition coefficient (Wildman–Crippen LogP) is 5.13. The summed E-state index contributed by atoms with van der Waals surface area (Å²) in [6.07, 6.45) is 1.32. The lowest BCUT2D eigenvalue weighted by atomic mass is 9.80.